The average Bonchev–Trinajstić information content (AvgIpc) is 2.38. The van der Waals surface area contributed by atoms with Crippen LogP contribution in [0.15, 0.2) is 24.3 Å². The summed E-state index contributed by atoms with van der Waals surface area (Å²) in [5.41, 5.74) is 0.769. The van der Waals surface area contributed by atoms with Gasteiger partial charge in [0.05, 0.1) is 6.26 Å². The van der Waals surface area contributed by atoms with E-state index in [1.165, 1.54) is 18.4 Å². The Balaban J connectivity index is 2.73. The van der Waals surface area contributed by atoms with Crippen LogP contribution in [0.5, 0.6) is 0 Å². The molecular weight excluding hydrogens is 350 g/mol. The van der Waals surface area contributed by atoms with Crippen molar-refractivity contribution in [2.24, 2.45) is 0 Å². The molecule has 0 spiro atoms. The zero-order valence-corrected chi connectivity index (χ0v) is 15.0. The summed E-state index contributed by atoms with van der Waals surface area (Å²) >= 11 is 5.79. The van der Waals surface area contributed by atoms with E-state index in [2.05, 4.69) is 4.72 Å². The minimum absolute atomic E-state index is 0.0127. The van der Waals surface area contributed by atoms with E-state index in [0.29, 0.717) is 5.02 Å². The Morgan fingerprint density at radius 1 is 1.09 bits per heavy atom. The summed E-state index contributed by atoms with van der Waals surface area (Å²) in [4.78, 5) is 0. The Morgan fingerprint density at radius 2 is 1.64 bits per heavy atom. The van der Waals surface area contributed by atoms with E-state index in [1.807, 2.05) is 0 Å². The van der Waals surface area contributed by atoms with Gasteiger partial charge in [0.15, 0.2) is 0 Å². The minimum atomic E-state index is -3.57. The molecule has 0 aliphatic carbocycles. The number of nitrogens with zero attached hydrogens (tertiary/aromatic N) is 2. The molecule has 1 aromatic carbocycles. The third-order valence-corrected chi connectivity index (χ3v) is 5.90. The molecule has 0 fully saturated rings. The smallest absolute Gasteiger partial charge is 0.212 e. The standard InChI is InChI=1S/C12H20ClN3O4S2/c1-15(2)22(19,20)14-8-9-16(21(3,17)18)10-11-4-6-12(13)7-5-11/h4-7,14H,8-10H2,1-3H3. The fraction of sp³-hybridized carbons (Fsp3) is 0.500. The third-order valence-electron chi connectivity index (χ3n) is 2.87. The number of halogens is 1. The van der Waals surface area contributed by atoms with Crippen molar-refractivity contribution in [3.05, 3.63) is 34.9 Å². The Bertz CT molecular complexity index is 688. The molecule has 10 heteroatoms. The molecule has 0 saturated carbocycles. The molecule has 0 aromatic heterocycles. The van der Waals surface area contributed by atoms with Crippen LogP contribution in [-0.2, 0) is 26.8 Å². The zero-order chi connectivity index (χ0) is 17.0. The maximum absolute atomic E-state index is 11.8. The predicted octanol–water partition coefficient (Wildman–Crippen LogP) is 0.498. The van der Waals surface area contributed by atoms with E-state index in [4.69, 9.17) is 11.6 Å². The van der Waals surface area contributed by atoms with Crippen LogP contribution in [-0.4, -0.2) is 58.9 Å². The Morgan fingerprint density at radius 3 is 2.09 bits per heavy atom. The molecule has 0 aliphatic rings. The fourth-order valence-electron chi connectivity index (χ4n) is 1.58. The highest BCUT2D eigenvalue weighted by Crippen LogP contribution is 2.12. The average molecular weight is 370 g/mol. The van der Waals surface area contributed by atoms with Gasteiger partial charge in [-0.15, -0.1) is 0 Å². The topological polar surface area (TPSA) is 86.8 Å². The summed E-state index contributed by atoms with van der Waals surface area (Å²) in [6.45, 7) is 0.176. The van der Waals surface area contributed by atoms with Crippen LogP contribution in [0.4, 0.5) is 0 Å². The first kappa shape index (κ1) is 19.3. The van der Waals surface area contributed by atoms with Crippen LogP contribution < -0.4 is 4.72 Å². The van der Waals surface area contributed by atoms with E-state index < -0.39 is 20.2 Å². The van der Waals surface area contributed by atoms with Gasteiger partial charge >= 0.3 is 0 Å². The van der Waals surface area contributed by atoms with Crippen LogP contribution in [0.1, 0.15) is 5.56 Å². The number of hydrogen-bond acceptors (Lipinski definition) is 4. The summed E-state index contributed by atoms with van der Waals surface area (Å²) in [6, 6.07) is 6.80. The van der Waals surface area contributed by atoms with Crippen molar-refractivity contribution in [2.75, 3.05) is 33.4 Å². The highest BCUT2D eigenvalue weighted by Gasteiger charge is 2.19. The highest BCUT2D eigenvalue weighted by atomic mass is 35.5. The molecule has 1 N–H and O–H groups in total. The van der Waals surface area contributed by atoms with Crippen molar-refractivity contribution >= 4 is 31.8 Å². The van der Waals surface area contributed by atoms with Crippen LogP contribution in [0.3, 0.4) is 0 Å². The zero-order valence-electron chi connectivity index (χ0n) is 12.7. The SMILES string of the molecule is CN(C)S(=O)(=O)NCCN(Cc1ccc(Cl)cc1)S(C)(=O)=O. The van der Waals surface area contributed by atoms with E-state index in [1.54, 1.807) is 24.3 Å². The second-order valence-electron chi connectivity index (χ2n) is 4.90. The molecule has 7 nitrogen and oxygen atoms in total. The minimum Gasteiger partial charge on any atom is -0.212 e. The summed E-state index contributed by atoms with van der Waals surface area (Å²) in [5, 5.41) is 0.563. The normalized spacial score (nSPS) is 13.0. The molecule has 0 amide bonds. The largest absolute Gasteiger partial charge is 0.278 e. The third kappa shape index (κ3) is 6.19. The molecular formula is C12H20ClN3O4S2. The lowest BCUT2D eigenvalue weighted by atomic mass is 10.2. The predicted molar refractivity (Wildman–Crippen MR) is 87.3 cm³/mol. The maximum atomic E-state index is 11.8. The number of benzene rings is 1. The van der Waals surface area contributed by atoms with Gasteiger partial charge in [-0.25, -0.2) is 13.1 Å². The highest BCUT2D eigenvalue weighted by molar-refractivity contribution is 7.88. The molecule has 0 heterocycles. The van der Waals surface area contributed by atoms with Gasteiger partial charge < -0.3 is 0 Å². The molecule has 1 aromatic rings. The van der Waals surface area contributed by atoms with Crippen LogP contribution in [0.25, 0.3) is 0 Å². The molecule has 0 bridgehead atoms. The molecule has 0 radical (unpaired) electrons. The van der Waals surface area contributed by atoms with Gasteiger partial charge in [0.2, 0.25) is 10.0 Å². The van der Waals surface area contributed by atoms with Gasteiger partial charge in [0.25, 0.3) is 10.2 Å². The quantitative estimate of drug-likeness (QED) is 0.722. The summed E-state index contributed by atoms with van der Waals surface area (Å²) in [6.07, 6.45) is 1.09. The van der Waals surface area contributed by atoms with Crippen molar-refractivity contribution in [3.63, 3.8) is 0 Å². The maximum Gasteiger partial charge on any atom is 0.278 e. The number of hydrogen-bond donors (Lipinski definition) is 1. The lowest BCUT2D eigenvalue weighted by Gasteiger charge is -2.21. The van der Waals surface area contributed by atoms with Gasteiger partial charge in [-0.2, -0.15) is 17.0 Å². The van der Waals surface area contributed by atoms with E-state index in [-0.39, 0.29) is 19.6 Å². The lowest BCUT2D eigenvalue weighted by molar-refractivity contribution is 0.409. The van der Waals surface area contributed by atoms with E-state index in [0.717, 1.165) is 16.1 Å². The van der Waals surface area contributed by atoms with Crippen molar-refractivity contribution in [1.82, 2.24) is 13.3 Å². The lowest BCUT2D eigenvalue weighted by Crippen LogP contribution is -2.41. The van der Waals surface area contributed by atoms with Gasteiger partial charge in [0, 0.05) is 38.8 Å². The van der Waals surface area contributed by atoms with Gasteiger partial charge in [-0.1, -0.05) is 23.7 Å². The van der Waals surface area contributed by atoms with E-state index in [9.17, 15) is 16.8 Å². The van der Waals surface area contributed by atoms with Gasteiger partial charge in [-0.05, 0) is 17.7 Å². The molecule has 0 aliphatic heterocycles. The first-order valence-corrected chi connectivity index (χ1v) is 10.1. The summed E-state index contributed by atoms with van der Waals surface area (Å²) in [5.74, 6) is 0. The number of sulfonamides is 1. The van der Waals surface area contributed by atoms with Crippen molar-refractivity contribution in [3.8, 4) is 0 Å². The molecule has 0 unspecified atom stereocenters. The summed E-state index contributed by atoms with van der Waals surface area (Å²) in [7, 11) is -4.25. The summed E-state index contributed by atoms with van der Waals surface area (Å²) < 4.78 is 51.3. The Hall–Kier alpha value is -0.710. The van der Waals surface area contributed by atoms with Crippen molar-refractivity contribution in [2.45, 2.75) is 6.54 Å². The van der Waals surface area contributed by atoms with Crippen molar-refractivity contribution < 1.29 is 16.8 Å². The van der Waals surface area contributed by atoms with Gasteiger partial charge in [-0.3, -0.25) is 0 Å². The number of nitrogens with one attached hydrogen (secondary N) is 1. The van der Waals surface area contributed by atoms with Gasteiger partial charge in [0.1, 0.15) is 0 Å². The number of rotatable bonds is 8. The second-order valence-corrected chi connectivity index (χ2v) is 9.29. The fourth-order valence-corrected chi connectivity index (χ4v) is 3.12. The first-order chi connectivity index (χ1) is 10.0. The Kier molecular flexibility index (Phi) is 6.78. The molecule has 0 saturated heterocycles. The van der Waals surface area contributed by atoms with Crippen LogP contribution in [0, 0.1) is 0 Å². The second kappa shape index (κ2) is 7.71. The molecule has 1 rings (SSSR count). The van der Waals surface area contributed by atoms with Crippen LogP contribution in [0.2, 0.25) is 5.02 Å². The molecule has 0 atom stereocenters. The molecule has 22 heavy (non-hydrogen) atoms. The van der Waals surface area contributed by atoms with E-state index >= 15 is 0 Å². The van der Waals surface area contributed by atoms with Crippen molar-refractivity contribution in [1.29, 1.82) is 0 Å². The Labute approximate surface area is 137 Å². The molecule has 126 valence electrons. The van der Waals surface area contributed by atoms with Crippen LogP contribution >= 0.6 is 11.6 Å². The first-order valence-electron chi connectivity index (χ1n) is 6.39. The monoisotopic (exact) mass is 369 g/mol.